The average Bonchev–Trinajstić information content (AvgIpc) is 2.97. The SMILES string of the molecule is CN(Cc1ccccc1)C(=O)C1CCC(=O)N1Cc1ccccc1. The van der Waals surface area contributed by atoms with Gasteiger partial charge in [0.2, 0.25) is 11.8 Å². The van der Waals surface area contributed by atoms with Gasteiger partial charge >= 0.3 is 0 Å². The second kappa shape index (κ2) is 7.30. The number of carbonyl (C=O) groups excluding carboxylic acids is 2. The number of hydrogen-bond donors (Lipinski definition) is 0. The molecule has 1 aliphatic heterocycles. The second-order valence-electron chi connectivity index (χ2n) is 6.24. The van der Waals surface area contributed by atoms with E-state index in [-0.39, 0.29) is 17.9 Å². The highest BCUT2D eigenvalue weighted by Crippen LogP contribution is 2.23. The molecule has 1 heterocycles. The van der Waals surface area contributed by atoms with Crippen molar-refractivity contribution in [3.05, 3.63) is 71.8 Å². The molecule has 3 rings (SSSR count). The number of rotatable bonds is 5. The first-order chi connectivity index (χ1) is 11.6. The van der Waals surface area contributed by atoms with Crippen LogP contribution in [0.4, 0.5) is 0 Å². The second-order valence-corrected chi connectivity index (χ2v) is 6.24. The van der Waals surface area contributed by atoms with Crippen molar-refractivity contribution in [2.45, 2.75) is 32.0 Å². The minimum Gasteiger partial charge on any atom is -0.340 e. The van der Waals surface area contributed by atoms with Gasteiger partial charge in [-0.25, -0.2) is 0 Å². The third-order valence-corrected chi connectivity index (χ3v) is 4.45. The van der Waals surface area contributed by atoms with Crippen molar-refractivity contribution < 1.29 is 9.59 Å². The summed E-state index contributed by atoms with van der Waals surface area (Å²) < 4.78 is 0. The molecule has 24 heavy (non-hydrogen) atoms. The first-order valence-electron chi connectivity index (χ1n) is 8.27. The van der Waals surface area contributed by atoms with E-state index in [0.717, 1.165) is 11.1 Å². The molecule has 0 aliphatic carbocycles. The third-order valence-electron chi connectivity index (χ3n) is 4.45. The highest BCUT2D eigenvalue weighted by atomic mass is 16.2. The normalized spacial score (nSPS) is 17.1. The molecule has 1 aliphatic rings. The Labute approximate surface area is 142 Å². The van der Waals surface area contributed by atoms with Crippen molar-refractivity contribution in [1.82, 2.24) is 9.80 Å². The van der Waals surface area contributed by atoms with Crippen molar-refractivity contribution in [2.75, 3.05) is 7.05 Å². The number of likely N-dealkylation sites (tertiary alicyclic amines) is 1. The Morgan fingerprint density at radius 1 is 1.04 bits per heavy atom. The van der Waals surface area contributed by atoms with E-state index in [0.29, 0.717) is 25.9 Å². The fourth-order valence-electron chi connectivity index (χ4n) is 3.16. The Bertz CT molecular complexity index is 700. The summed E-state index contributed by atoms with van der Waals surface area (Å²) in [6, 6.07) is 19.4. The Morgan fingerprint density at radius 3 is 2.25 bits per heavy atom. The maximum atomic E-state index is 12.8. The number of nitrogens with zero attached hydrogens (tertiary/aromatic N) is 2. The fourth-order valence-corrected chi connectivity index (χ4v) is 3.16. The highest BCUT2D eigenvalue weighted by molar-refractivity contribution is 5.90. The van der Waals surface area contributed by atoms with Crippen LogP contribution in [-0.4, -0.2) is 34.7 Å². The van der Waals surface area contributed by atoms with Crippen LogP contribution in [0, 0.1) is 0 Å². The molecule has 0 bridgehead atoms. The van der Waals surface area contributed by atoms with Crippen molar-refractivity contribution in [3.8, 4) is 0 Å². The summed E-state index contributed by atoms with van der Waals surface area (Å²) in [7, 11) is 1.80. The lowest BCUT2D eigenvalue weighted by atomic mass is 10.1. The van der Waals surface area contributed by atoms with Crippen LogP contribution in [0.25, 0.3) is 0 Å². The summed E-state index contributed by atoms with van der Waals surface area (Å²) in [6.07, 6.45) is 1.05. The summed E-state index contributed by atoms with van der Waals surface area (Å²) >= 11 is 0. The third kappa shape index (κ3) is 3.65. The predicted molar refractivity (Wildman–Crippen MR) is 92.9 cm³/mol. The van der Waals surface area contributed by atoms with Crippen molar-refractivity contribution >= 4 is 11.8 Å². The van der Waals surface area contributed by atoms with Crippen LogP contribution < -0.4 is 0 Å². The topological polar surface area (TPSA) is 40.6 Å². The largest absolute Gasteiger partial charge is 0.340 e. The number of likely N-dealkylation sites (N-methyl/N-ethyl adjacent to an activating group) is 1. The van der Waals surface area contributed by atoms with Gasteiger partial charge in [-0.2, -0.15) is 0 Å². The molecule has 0 radical (unpaired) electrons. The lowest BCUT2D eigenvalue weighted by Crippen LogP contribution is -2.44. The molecule has 1 atom stereocenters. The fraction of sp³-hybridized carbons (Fsp3) is 0.300. The van der Waals surface area contributed by atoms with Crippen molar-refractivity contribution in [1.29, 1.82) is 0 Å². The molecule has 4 heteroatoms. The summed E-state index contributed by atoms with van der Waals surface area (Å²) in [4.78, 5) is 28.5. The van der Waals surface area contributed by atoms with E-state index in [1.54, 1.807) is 16.8 Å². The molecule has 0 aromatic heterocycles. The van der Waals surface area contributed by atoms with Crippen LogP contribution in [-0.2, 0) is 22.7 Å². The average molecular weight is 322 g/mol. The highest BCUT2D eigenvalue weighted by Gasteiger charge is 2.37. The molecule has 0 spiro atoms. The molecule has 1 fully saturated rings. The molecule has 1 saturated heterocycles. The van der Waals surface area contributed by atoms with Gasteiger partial charge in [0.25, 0.3) is 0 Å². The number of benzene rings is 2. The zero-order chi connectivity index (χ0) is 16.9. The first-order valence-corrected chi connectivity index (χ1v) is 8.27. The lowest BCUT2D eigenvalue weighted by Gasteiger charge is -2.28. The van der Waals surface area contributed by atoms with Gasteiger partial charge in [0.15, 0.2) is 0 Å². The van der Waals surface area contributed by atoms with E-state index in [1.807, 2.05) is 60.7 Å². The van der Waals surface area contributed by atoms with E-state index >= 15 is 0 Å². The standard InChI is InChI=1S/C20H22N2O2/c1-21(14-16-8-4-2-5-9-16)20(24)18-12-13-19(23)22(18)15-17-10-6-3-7-11-17/h2-11,18H,12-15H2,1H3. The van der Waals surface area contributed by atoms with E-state index in [1.165, 1.54) is 0 Å². The Morgan fingerprint density at radius 2 is 1.62 bits per heavy atom. The van der Waals surface area contributed by atoms with Gasteiger partial charge in [0.05, 0.1) is 0 Å². The Hall–Kier alpha value is -2.62. The maximum absolute atomic E-state index is 12.8. The van der Waals surface area contributed by atoms with Gasteiger partial charge in [0, 0.05) is 26.6 Å². The predicted octanol–water partition coefficient (Wildman–Crippen LogP) is 2.84. The number of carbonyl (C=O) groups is 2. The molecule has 124 valence electrons. The van der Waals surface area contributed by atoms with Gasteiger partial charge in [-0.1, -0.05) is 60.7 Å². The quantitative estimate of drug-likeness (QED) is 0.849. The summed E-state index contributed by atoms with van der Waals surface area (Å²) in [5.41, 5.74) is 2.14. The van der Waals surface area contributed by atoms with E-state index in [4.69, 9.17) is 0 Å². The first kappa shape index (κ1) is 16.2. The molecular weight excluding hydrogens is 300 g/mol. The molecular formula is C20H22N2O2. The van der Waals surface area contributed by atoms with E-state index in [9.17, 15) is 9.59 Å². The minimum atomic E-state index is -0.355. The van der Waals surface area contributed by atoms with Crippen molar-refractivity contribution in [2.24, 2.45) is 0 Å². The van der Waals surface area contributed by atoms with Crippen LogP contribution in [0.1, 0.15) is 24.0 Å². The van der Waals surface area contributed by atoms with Crippen LogP contribution in [0.2, 0.25) is 0 Å². The van der Waals surface area contributed by atoms with Crippen LogP contribution in [0.15, 0.2) is 60.7 Å². The molecule has 2 aromatic rings. The molecule has 2 amide bonds. The lowest BCUT2D eigenvalue weighted by molar-refractivity contribution is -0.141. The minimum absolute atomic E-state index is 0.0145. The number of hydrogen-bond acceptors (Lipinski definition) is 2. The van der Waals surface area contributed by atoms with Gasteiger partial charge in [-0.15, -0.1) is 0 Å². The van der Waals surface area contributed by atoms with Gasteiger partial charge < -0.3 is 9.80 Å². The molecule has 4 nitrogen and oxygen atoms in total. The zero-order valence-electron chi connectivity index (χ0n) is 13.9. The zero-order valence-corrected chi connectivity index (χ0v) is 13.9. The summed E-state index contributed by atoms with van der Waals surface area (Å²) in [6.45, 7) is 1.05. The van der Waals surface area contributed by atoms with E-state index in [2.05, 4.69) is 0 Å². The summed E-state index contributed by atoms with van der Waals surface area (Å²) in [5, 5.41) is 0. The van der Waals surface area contributed by atoms with Gasteiger partial charge in [-0.05, 0) is 17.5 Å². The Balaban J connectivity index is 1.69. The van der Waals surface area contributed by atoms with Crippen LogP contribution in [0.5, 0.6) is 0 Å². The summed E-state index contributed by atoms with van der Waals surface area (Å²) in [5.74, 6) is 0.0750. The monoisotopic (exact) mass is 322 g/mol. The molecule has 0 N–H and O–H groups in total. The van der Waals surface area contributed by atoms with Crippen LogP contribution >= 0.6 is 0 Å². The smallest absolute Gasteiger partial charge is 0.245 e. The molecule has 2 aromatic carbocycles. The van der Waals surface area contributed by atoms with Gasteiger partial charge in [-0.3, -0.25) is 9.59 Å². The Kier molecular flexibility index (Phi) is 4.94. The van der Waals surface area contributed by atoms with Crippen LogP contribution in [0.3, 0.4) is 0 Å². The molecule has 1 unspecified atom stereocenters. The van der Waals surface area contributed by atoms with E-state index < -0.39 is 0 Å². The molecule has 0 saturated carbocycles. The number of amides is 2. The van der Waals surface area contributed by atoms with Gasteiger partial charge in [0.1, 0.15) is 6.04 Å². The van der Waals surface area contributed by atoms with Crippen molar-refractivity contribution in [3.63, 3.8) is 0 Å². The maximum Gasteiger partial charge on any atom is 0.245 e.